The van der Waals surface area contributed by atoms with Crippen LogP contribution >= 0.6 is 11.6 Å². The van der Waals surface area contributed by atoms with Gasteiger partial charge in [0, 0.05) is 19.0 Å². The summed E-state index contributed by atoms with van der Waals surface area (Å²) in [6.45, 7) is 2.89. The fraction of sp³-hybridized carbons (Fsp3) is 0.429. The molecule has 0 aromatic heterocycles. The molecule has 2 nitrogen and oxygen atoms in total. The van der Waals surface area contributed by atoms with Crippen molar-refractivity contribution in [1.82, 2.24) is 5.32 Å². The third-order valence-electron chi connectivity index (χ3n) is 2.67. The van der Waals surface area contributed by atoms with Crippen molar-refractivity contribution in [3.63, 3.8) is 0 Å². The van der Waals surface area contributed by atoms with Gasteiger partial charge in [-0.2, -0.15) is 0 Å². The van der Waals surface area contributed by atoms with Crippen molar-refractivity contribution in [3.8, 4) is 18.1 Å². The fourth-order valence-electron chi connectivity index (χ4n) is 1.59. The van der Waals surface area contributed by atoms with E-state index in [1.807, 2.05) is 18.2 Å². The molecule has 17 heavy (non-hydrogen) atoms. The van der Waals surface area contributed by atoms with Crippen molar-refractivity contribution in [1.29, 1.82) is 0 Å². The molecule has 0 amide bonds. The molecule has 1 unspecified atom stereocenters. The average molecular weight is 252 g/mol. The number of ether oxygens (including phenoxy) is 1. The highest BCUT2D eigenvalue weighted by Gasteiger charge is 2.05. The first-order chi connectivity index (χ1) is 8.21. The van der Waals surface area contributed by atoms with Crippen LogP contribution in [0.25, 0.3) is 0 Å². The number of benzene rings is 1. The summed E-state index contributed by atoms with van der Waals surface area (Å²) in [5.41, 5.74) is 1.13. The molecule has 0 heterocycles. The van der Waals surface area contributed by atoms with Gasteiger partial charge in [0.15, 0.2) is 0 Å². The van der Waals surface area contributed by atoms with Gasteiger partial charge in [0.2, 0.25) is 0 Å². The first kappa shape index (κ1) is 13.9. The Balaban J connectivity index is 2.57. The predicted molar refractivity (Wildman–Crippen MR) is 72.4 cm³/mol. The number of methoxy groups -OCH3 is 1. The van der Waals surface area contributed by atoms with E-state index in [0.29, 0.717) is 16.8 Å². The van der Waals surface area contributed by atoms with Gasteiger partial charge in [0.05, 0.1) is 12.1 Å². The van der Waals surface area contributed by atoms with Gasteiger partial charge in [0.1, 0.15) is 5.75 Å². The summed E-state index contributed by atoms with van der Waals surface area (Å²) in [6, 6.07) is 6.15. The maximum Gasteiger partial charge on any atom is 0.137 e. The van der Waals surface area contributed by atoms with E-state index >= 15 is 0 Å². The zero-order chi connectivity index (χ0) is 12.7. The SMILES string of the molecule is C#CCC(CC)NCc1ccc(OC)c(Cl)c1. The molecule has 1 rings (SSSR count). The van der Waals surface area contributed by atoms with Crippen LogP contribution in [0.4, 0.5) is 0 Å². The van der Waals surface area contributed by atoms with Gasteiger partial charge in [-0.1, -0.05) is 24.6 Å². The van der Waals surface area contributed by atoms with E-state index in [4.69, 9.17) is 22.8 Å². The topological polar surface area (TPSA) is 21.3 Å². The van der Waals surface area contributed by atoms with Crippen LogP contribution in [-0.4, -0.2) is 13.2 Å². The zero-order valence-corrected chi connectivity index (χ0v) is 11.1. The van der Waals surface area contributed by atoms with Crippen molar-refractivity contribution in [3.05, 3.63) is 28.8 Å². The van der Waals surface area contributed by atoms with Gasteiger partial charge in [0.25, 0.3) is 0 Å². The molecule has 0 aliphatic heterocycles. The number of halogens is 1. The van der Waals surface area contributed by atoms with Crippen LogP contribution in [0.2, 0.25) is 5.02 Å². The summed E-state index contributed by atoms with van der Waals surface area (Å²) in [6.07, 6.45) is 7.08. The average Bonchev–Trinajstić information content (AvgIpc) is 2.34. The van der Waals surface area contributed by atoms with Crippen LogP contribution in [0.15, 0.2) is 18.2 Å². The van der Waals surface area contributed by atoms with Crippen molar-refractivity contribution < 1.29 is 4.74 Å². The van der Waals surface area contributed by atoms with Crippen molar-refractivity contribution in [2.45, 2.75) is 32.4 Å². The second kappa shape index (κ2) is 7.21. The maximum absolute atomic E-state index is 6.05. The molecule has 0 fully saturated rings. The highest BCUT2D eigenvalue weighted by atomic mass is 35.5. The summed E-state index contributed by atoms with van der Waals surface area (Å²) >= 11 is 6.05. The van der Waals surface area contributed by atoms with Crippen LogP contribution in [0.5, 0.6) is 5.75 Å². The molecular formula is C14H18ClNO. The second-order valence-electron chi connectivity index (χ2n) is 3.86. The number of nitrogens with one attached hydrogen (secondary N) is 1. The highest BCUT2D eigenvalue weighted by Crippen LogP contribution is 2.24. The van der Waals surface area contributed by atoms with Crippen LogP contribution in [0.3, 0.4) is 0 Å². The Morgan fingerprint density at radius 3 is 2.82 bits per heavy atom. The van der Waals surface area contributed by atoms with Crippen LogP contribution < -0.4 is 10.1 Å². The largest absolute Gasteiger partial charge is 0.495 e. The highest BCUT2D eigenvalue weighted by molar-refractivity contribution is 6.32. The van der Waals surface area contributed by atoms with Crippen LogP contribution in [-0.2, 0) is 6.54 Å². The van der Waals surface area contributed by atoms with E-state index in [1.54, 1.807) is 7.11 Å². The molecular weight excluding hydrogens is 234 g/mol. The van der Waals surface area contributed by atoms with E-state index < -0.39 is 0 Å². The Morgan fingerprint density at radius 2 is 2.29 bits per heavy atom. The van der Waals surface area contributed by atoms with Gasteiger partial charge in [-0.25, -0.2) is 0 Å². The Kier molecular flexibility index (Phi) is 5.90. The third kappa shape index (κ3) is 4.30. The predicted octanol–water partition coefficient (Wildman–Crippen LogP) is 3.24. The number of rotatable bonds is 6. The van der Waals surface area contributed by atoms with E-state index in [-0.39, 0.29) is 0 Å². The second-order valence-corrected chi connectivity index (χ2v) is 4.27. The van der Waals surface area contributed by atoms with Gasteiger partial charge in [-0.15, -0.1) is 12.3 Å². The molecule has 0 radical (unpaired) electrons. The summed E-state index contributed by atoms with van der Waals surface area (Å²) in [7, 11) is 1.61. The molecule has 1 N–H and O–H groups in total. The first-order valence-corrected chi connectivity index (χ1v) is 6.08. The van der Waals surface area contributed by atoms with Crippen LogP contribution in [0, 0.1) is 12.3 Å². The minimum Gasteiger partial charge on any atom is -0.495 e. The molecule has 0 bridgehead atoms. The zero-order valence-electron chi connectivity index (χ0n) is 10.3. The lowest BCUT2D eigenvalue weighted by atomic mass is 10.1. The standard InChI is InChI=1S/C14H18ClNO/c1-4-6-12(5-2)16-10-11-7-8-14(17-3)13(15)9-11/h1,7-9,12,16H,5-6,10H2,2-3H3. The van der Waals surface area contributed by atoms with Gasteiger partial charge >= 0.3 is 0 Å². The summed E-state index contributed by atoms with van der Waals surface area (Å²) in [5, 5.41) is 4.05. The molecule has 0 aliphatic carbocycles. The van der Waals surface area contributed by atoms with Gasteiger partial charge in [-0.3, -0.25) is 0 Å². The minimum atomic E-state index is 0.362. The number of terminal acetylenes is 1. The molecule has 3 heteroatoms. The molecule has 1 atom stereocenters. The molecule has 0 aliphatic rings. The van der Waals surface area contributed by atoms with Gasteiger partial charge in [-0.05, 0) is 24.1 Å². The van der Waals surface area contributed by atoms with Crippen molar-refractivity contribution >= 4 is 11.6 Å². The Hall–Kier alpha value is -1.17. The Morgan fingerprint density at radius 1 is 1.53 bits per heavy atom. The Labute approximate surface area is 108 Å². The van der Waals surface area contributed by atoms with Gasteiger partial charge < -0.3 is 10.1 Å². The molecule has 1 aromatic rings. The van der Waals surface area contributed by atoms with E-state index in [0.717, 1.165) is 24.9 Å². The van der Waals surface area contributed by atoms with E-state index in [2.05, 4.69) is 18.2 Å². The lowest BCUT2D eigenvalue weighted by molar-refractivity contribution is 0.414. The molecule has 0 spiro atoms. The smallest absolute Gasteiger partial charge is 0.137 e. The lowest BCUT2D eigenvalue weighted by Crippen LogP contribution is -2.27. The number of hydrogen-bond donors (Lipinski definition) is 1. The maximum atomic E-state index is 6.05. The minimum absolute atomic E-state index is 0.362. The third-order valence-corrected chi connectivity index (χ3v) is 2.96. The molecule has 1 aromatic carbocycles. The summed E-state index contributed by atoms with van der Waals surface area (Å²) < 4.78 is 5.11. The van der Waals surface area contributed by atoms with E-state index in [1.165, 1.54) is 0 Å². The molecule has 0 saturated carbocycles. The van der Waals surface area contributed by atoms with Crippen LogP contribution in [0.1, 0.15) is 25.3 Å². The lowest BCUT2D eigenvalue weighted by Gasteiger charge is -2.14. The van der Waals surface area contributed by atoms with E-state index in [9.17, 15) is 0 Å². The van der Waals surface area contributed by atoms with Crippen molar-refractivity contribution in [2.75, 3.05) is 7.11 Å². The quantitative estimate of drug-likeness (QED) is 0.784. The first-order valence-electron chi connectivity index (χ1n) is 5.70. The monoisotopic (exact) mass is 251 g/mol. The fourth-order valence-corrected chi connectivity index (χ4v) is 1.87. The van der Waals surface area contributed by atoms with Crippen molar-refractivity contribution in [2.24, 2.45) is 0 Å². The molecule has 0 saturated heterocycles. The summed E-state index contributed by atoms with van der Waals surface area (Å²) in [5.74, 6) is 3.38. The summed E-state index contributed by atoms with van der Waals surface area (Å²) in [4.78, 5) is 0. The normalized spacial score (nSPS) is 11.9. The Bertz CT molecular complexity index is 398. The molecule has 92 valence electrons. The number of hydrogen-bond acceptors (Lipinski definition) is 2.